The molecule has 0 amide bonds. The molecule has 0 bridgehead atoms. The summed E-state index contributed by atoms with van der Waals surface area (Å²) in [7, 11) is 0. The highest BCUT2D eigenvalue weighted by molar-refractivity contribution is 5.33. The van der Waals surface area contributed by atoms with Crippen molar-refractivity contribution in [2.24, 2.45) is 0 Å². The van der Waals surface area contributed by atoms with Crippen molar-refractivity contribution in [3.05, 3.63) is 41.5 Å². The molecule has 1 N–H and O–H groups in total. The molecule has 18 heavy (non-hydrogen) atoms. The molecule has 0 atom stereocenters. The summed E-state index contributed by atoms with van der Waals surface area (Å²) in [5.41, 5.74) is 0.968. The van der Waals surface area contributed by atoms with Crippen LogP contribution in [0.25, 0.3) is 0 Å². The fourth-order valence-electron chi connectivity index (χ4n) is 1.60. The Balaban J connectivity index is 2.01. The fraction of sp³-hybridized carbons (Fsp3) is 0.385. The van der Waals surface area contributed by atoms with Gasteiger partial charge in [0.2, 0.25) is 0 Å². The van der Waals surface area contributed by atoms with Crippen LogP contribution < -0.4 is 4.74 Å². The third kappa shape index (κ3) is 3.07. The minimum atomic E-state index is 0.0981. The zero-order chi connectivity index (χ0) is 12.8. The summed E-state index contributed by atoms with van der Waals surface area (Å²) in [5, 5.41) is 12.8. The van der Waals surface area contributed by atoms with E-state index < -0.39 is 0 Å². The van der Waals surface area contributed by atoms with Crippen molar-refractivity contribution in [1.29, 1.82) is 0 Å². The van der Waals surface area contributed by atoms with Gasteiger partial charge < -0.3 is 14.4 Å². The van der Waals surface area contributed by atoms with Crippen molar-refractivity contribution in [3.8, 4) is 5.75 Å². The fourth-order valence-corrected chi connectivity index (χ4v) is 1.60. The van der Waals surface area contributed by atoms with E-state index in [2.05, 4.69) is 10.1 Å². The van der Waals surface area contributed by atoms with Crippen molar-refractivity contribution in [1.82, 2.24) is 10.1 Å². The lowest BCUT2D eigenvalue weighted by atomic mass is 10.1. The summed E-state index contributed by atoms with van der Waals surface area (Å²) in [6.45, 7) is 2.31. The number of hydrogen-bond donors (Lipinski definition) is 1. The van der Waals surface area contributed by atoms with E-state index in [1.807, 2.05) is 31.2 Å². The summed E-state index contributed by atoms with van der Waals surface area (Å²) >= 11 is 0. The van der Waals surface area contributed by atoms with Crippen LogP contribution in [0.3, 0.4) is 0 Å². The van der Waals surface area contributed by atoms with Crippen LogP contribution in [0.5, 0.6) is 5.75 Å². The van der Waals surface area contributed by atoms with Gasteiger partial charge in [0.1, 0.15) is 5.75 Å². The highest BCUT2D eigenvalue weighted by Crippen LogP contribution is 2.19. The van der Waals surface area contributed by atoms with Crippen LogP contribution in [0.1, 0.15) is 24.2 Å². The molecular formula is C13H16N2O3. The molecular weight excluding hydrogens is 232 g/mol. The van der Waals surface area contributed by atoms with Gasteiger partial charge in [-0.2, -0.15) is 4.98 Å². The molecule has 2 aromatic rings. The lowest BCUT2D eigenvalue weighted by Gasteiger charge is -2.08. The zero-order valence-corrected chi connectivity index (χ0v) is 10.3. The molecule has 0 aliphatic rings. The van der Waals surface area contributed by atoms with Gasteiger partial charge in [0.25, 0.3) is 5.89 Å². The number of nitrogens with zero attached hydrogens (tertiary/aromatic N) is 2. The van der Waals surface area contributed by atoms with E-state index in [4.69, 9.17) is 14.4 Å². The maximum atomic E-state index is 8.97. The first-order valence-electron chi connectivity index (χ1n) is 5.96. The second kappa shape index (κ2) is 6.16. The number of aromatic nitrogens is 2. The van der Waals surface area contributed by atoms with Crippen molar-refractivity contribution < 1.29 is 14.4 Å². The highest BCUT2D eigenvalue weighted by Gasteiger charge is 2.07. The summed E-state index contributed by atoms with van der Waals surface area (Å²) in [6.07, 6.45) is 1.31. The van der Waals surface area contributed by atoms with Crippen LogP contribution in [0.2, 0.25) is 0 Å². The molecule has 1 heterocycles. The molecule has 0 saturated heterocycles. The van der Waals surface area contributed by atoms with E-state index in [1.54, 1.807) is 0 Å². The van der Waals surface area contributed by atoms with Crippen LogP contribution in [-0.4, -0.2) is 21.9 Å². The van der Waals surface area contributed by atoms with E-state index in [-0.39, 0.29) is 13.2 Å². The van der Waals surface area contributed by atoms with E-state index in [9.17, 15) is 0 Å². The quantitative estimate of drug-likeness (QED) is 0.843. The summed E-state index contributed by atoms with van der Waals surface area (Å²) in [6, 6.07) is 7.60. The topological polar surface area (TPSA) is 68.4 Å². The standard InChI is InChI=1S/C13H16N2O3/c1-2-12-14-13(18-15-12)9-17-11-6-4-3-5-10(11)7-8-16/h3-6,16H,2,7-9H2,1H3. The van der Waals surface area contributed by atoms with E-state index in [0.29, 0.717) is 18.1 Å². The maximum absolute atomic E-state index is 8.97. The molecule has 0 fully saturated rings. The Hall–Kier alpha value is -1.88. The molecule has 0 saturated carbocycles. The molecule has 0 radical (unpaired) electrons. The minimum Gasteiger partial charge on any atom is -0.483 e. The van der Waals surface area contributed by atoms with Crippen molar-refractivity contribution >= 4 is 0 Å². The van der Waals surface area contributed by atoms with Crippen LogP contribution in [0.15, 0.2) is 28.8 Å². The number of aliphatic hydroxyl groups excluding tert-OH is 1. The number of ether oxygens (including phenoxy) is 1. The predicted octanol–water partition coefficient (Wildman–Crippen LogP) is 1.75. The third-order valence-electron chi connectivity index (χ3n) is 2.53. The number of benzene rings is 1. The molecule has 96 valence electrons. The van der Waals surface area contributed by atoms with Gasteiger partial charge in [-0.1, -0.05) is 30.3 Å². The van der Waals surface area contributed by atoms with Gasteiger partial charge in [-0.05, 0) is 18.1 Å². The monoisotopic (exact) mass is 248 g/mol. The van der Waals surface area contributed by atoms with Crippen LogP contribution in [0.4, 0.5) is 0 Å². The average Bonchev–Trinajstić information content (AvgIpc) is 2.86. The summed E-state index contributed by atoms with van der Waals surface area (Å²) < 4.78 is 10.7. The Morgan fingerprint density at radius 1 is 1.33 bits per heavy atom. The molecule has 0 aliphatic heterocycles. The Morgan fingerprint density at radius 2 is 2.17 bits per heavy atom. The van der Waals surface area contributed by atoms with Gasteiger partial charge >= 0.3 is 0 Å². The van der Waals surface area contributed by atoms with E-state index >= 15 is 0 Å². The smallest absolute Gasteiger partial charge is 0.264 e. The highest BCUT2D eigenvalue weighted by atomic mass is 16.5. The second-order valence-electron chi connectivity index (χ2n) is 3.83. The van der Waals surface area contributed by atoms with Crippen LogP contribution >= 0.6 is 0 Å². The average molecular weight is 248 g/mol. The van der Waals surface area contributed by atoms with Gasteiger partial charge in [0.15, 0.2) is 12.4 Å². The zero-order valence-electron chi connectivity index (χ0n) is 10.3. The first-order chi connectivity index (χ1) is 8.83. The molecule has 5 nitrogen and oxygen atoms in total. The lowest BCUT2D eigenvalue weighted by molar-refractivity contribution is 0.238. The third-order valence-corrected chi connectivity index (χ3v) is 2.53. The molecule has 0 unspecified atom stereocenters. The second-order valence-corrected chi connectivity index (χ2v) is 3.83. The van der Waals surface area contributed by atoms with Gasteiger partial charge in [-0.15, -0.1) is 0 Å². The molecule has 0 aliphatic carbocycles. The van der Waals surface area contributed by atoms with Gasteiger partial charge in [-0.25, -0.2) is 0 Å². The molecule has 1 aromatic heterocycles. The normalized spacial score (nSPS) is 10.6. The van der Waals surface area contributed by atoms with E-state index in [1.165, 1.54) is 0 Å². The molecule has 0 spiro atoms. The first-order valence-corrected chi connectivity index (χ1v) is 5.96. The first kappa shape index (κ1) is 12.6. The molecule has 5 heteroatoms. The number of hydrogen-bond acceptors (Lipinski definition) is 5. The van der Waals surface area contributed by atoms with Gasteiger partial charge in [0.05, 0.1) is 0 Å². The van der Waals surface area contributed by atoms with Crippen molar-refractivity contribution in [3.63, 3.8) is 0 Å². The van der Waals surface area contributed by atoms with Crippen LogP contribution in [0, 0.1) is 0 Å². The largest absolute Gasteiger partial charge is 0.483 e. The SMILES string of the molecule is CCc1noc(COc2ccccc2CCO)n1. The number of aryl methyl sites for hydroxylation is 1. The molecule has 1 aromatic carbocycles. The van der Waals surface area contributed by atoms with E-state index in [0.717, 1.165) is 17.7 Å². The Morgan fingerprint density at radius 3 is 2.89 bits per heavy atom. The predicted molar refractivity (Wildman–Crippen MR) is 65.2 cm³/mol. The number of aliphatic hydroxyl groups is 1. The maximum Gasteiger partial charge on any atom is 0.264 e. The van der Waals surface area contributed by atoms with Crippen molar-refractivity contribution in [2.75, 3.05) is 6.61 Å². The lowest BCUT2D eigenvalue weighted by Crippen LogP contribution is -2.00. The summed E-state index contributed by atoms with van der Waals surface area (Å²) in [4.78, 5) is 4.17. The van der Waals surface area contributed by atoms with Gasteiger partial charge in [0, 0.05) is 13.0 Å². The Bertz CT molecular complexity index is 496. The number of para-hydroxylation sites is 1. The Kier molecular flexibility index (Phi) is 4.30. The van der Waals surface area contributed by atoms with Crippen molar-refractivity contribution in [2.45, 2.75) is 26.4 Å². The number of rotatable bonds is 6. The minimum absolute atomic E-state index is 0.0981. The van der Waals surface area contributed by atoms with Gasteiger partial charge in [-0.3, -0.25) is 0 Å². The summed E-state index contributed by atoms with van der Waals surface area (Å²) in [5.74, 6) is 1.88. The Labute approximate surface area is 105 Å². The molecule has 2 rings (SSSR count). The van der Waals surface area contributed by atoms with Crippen LogP contribution in [-0.2, 0) is 19.4 Å².